The van der Waals surface area contributed by atoms with E-state index in [-0.39, 0.29) is 27.6 Å². The third kappa shape index (κ3) is 15.2. The number of hydrogen-bond donors (Lipinski definition) is 0. The zero-order chi connectivity index (χ0) is 14.4. The molecule has 0 fully saturated rings. The summed E-state index contributed by atoms with van der Waals surface area (Å²) in [5, 5.41) is 27.9. The maximum absolute atomic E-state index is 10.00. The van der Waals surface area contributed by atoms with Gasteiger partial charge in [-0.15, -0.1) is 0 Å². The summed E-state index contributed by atoms with van der Waals surface area (Å²) in [6.07, 6.45) is 2.17. The SMILES string of the molecule is CC[CH2][Sn+2][CH2]CC.N#CC(CCC(=O)[O-])C(=O)[O-]. The third-order valence-corrected chi connectivity index (χ3v) is 6.80. The zero-order valence-corrected chi connectivity index (χ0v) is 13.8. The van der Waals surface area contributed by atoms with Gasteiger partial charge in [-0.1, -0.05) is 0 Å². The number of carboxylic acids is 2. The molecule has 0 saturated heterocycles. The monoisotopic (exact) mass is 361 g/mol. The van der Waals surface area contributed by atoms with Gasteiger partial charge in [0.25, 0.3) is 0 Å². The number of nitriles is 1. The number of carbonyl (C=O) groups is 2. The van der Waals surface area contributed by atoms with Crippen molar-refractivity contribution >= 4 is 33.1 Å². The van der Waals surface area contributed by atoms with Gasteiger partial charge in [-0.2, -0.15) is 5.26 Å². The van der Waals surface area contributed by atoms with Crippen LogP contribution >= 0.6 is 0 Å². The van der Waals surface area contributed by atoms with Crippen LogP contribution in [-0.4, -0.2) is 33.1 Å². The Balaban J connectivity index is 0. The first-order valence-electron chi connectivity index (χ1n) is 6.00. The van der Waals surface area contributed by atoms with Crippen LogP contribution in [0.3, 0.4) is 0 Å². The summed E-state index contributed by atoms with van der Waals surface area (Å²) in [7, 11) is 0. The van der Waals surface area contributed by atoms with Crippen LogP contribution in [0, 0.1) is 17.2 Å². The summed E-state index contributed by atoms with van der Waals surface area (Å²) in [4.78, 5) is 19.8. The van der Waals surface area contributed by atoms with Crippen LogP contribution in [0.2, 0.25) is 8.87 Å². The van der Waals surface area contributed by atoms with Gasteiger partial charge in [0.05, 0.1) is 18.0 Å². The molecule has 0 spiro atoms. The van der Waals surface area contributed by atoms with E-state index in [4.69, 9.17) is 5.26 Å². The van der Waals surface area contributed by atoms with E-state index in [0.717, 1.165) is 0 Å². The first-order chi connectivity index (χ1) is 8.49. The number of carbonyl (C=O) groups excluding carboxylic acids is 2. The molecule has 0 aromatic heterocycles. The molecule has 1 unspecified atom stereocenters. The molecule has 0 bridgehead atoms. The van der Waals surface area contributed by atoms with Crippen molar-refractivity contribution < 1.29 is 19.8 Å². The maximum Gasteiger partial charge on any atom is 0.0861 e. The average molecular weight is 360 g/mol. The average Bonchev–Trinajstić information content (AvgIpc) is 2.30. The molecule has 6 heteroatoms. The Labute approximate surface area is 118 Å². The first-order valence-corrected chi connectivity index (χ1v) is 10.0. The molecule has 0 saturated carbocycles. The second-order valence-electron chi connectivity index (χ2n) is 3.66. The van der Waals surface area contributed by atoms with Crippen molar-refractivity contribution in [3.05, 3.63) is 0 Å². The van der Waals surface area contributed by atoms with Crippen molar-refractivity contribution in [1.29, 1.82) is 5.26 Å². The summed E-state index contributed by atoms with van der Waals surface area (Å²) >= 11 is 0.181. The zero-order valence-electron chi connectivity index (χ0n) is 10.9. The van der Waals surface area contributed by atoms with Gasteiger partial charge in [-0.25, -0.2) is 0 Å². The van der Waals surface area contributed by atoms with Crippen molar-refractivity contribution in [1.82, 2.24) is 0 Å². The molecule has 0 amide bonds. The topological polar surface area (TPSA) is 104 Å². The Bertz CT molecular complexity index is 272. The molecular weight excluding hydrogens is 341 g/mol. The largest absolute Gasteiger partial charge is 0.550 e. The van der Waals surface area contributed by atoms with E-state index >= 15 is 0 Å². The fourth-order valence-corrected chi connectivity index (χ4v) is 3.71. The first kappa shape index (κ1) is 19.6. The summed E-state index contributed by atoms with van der Waals surface area (Å²) in [6.45, 7) is 4.58. The molecule has 1 atom stereocenters. The van der Waals surface area contributed by atoms with Crippen LogP contribution < -0.4 is 10.2 Å². The molecule has 0 heterocycles. The molecule has 0 radical (unpaired) electrons. The fourth-order valence-electron chi connectivity index (χ4n) is 0.976. The number of aliphatic carboxylic acids is 2. The summed E-state index contributed by atoms with van der Waals surface area (Å²) in [6, 6.07) is 1.40. The molecule has 0 rings (SSSR count). The van der Waals surface area contributed by atoms with E-state index < -0.39 is 24.3 Å². The van der Waals surface area contributed by atoms with Gasteiger partial charge in [0.15, 0.2) is 0 Å². The normalized spacial score (nSPS) is 10.3. The van der Waals surface area contributed by atoms with Crippen LogP contribution in [0.4, 0.5) is 0 Å². The molecule has 5 nitrogen and oxygen atoms in total. The van der Waals surface area contributed by atoms with E-state index in [1.165, 1.54) is 18.9 Å². The van der Waals surface area contributed by atoms with Crippen LogP contribution in [-0.2, 0) is 9.59 Å². The van der Waals surface area contributed by atoms with Crippen molar-refractivity contribution in [2.24, 2.45) is 5.92 Å². The van der Waals surface area contributed by atoms with Crippen molar-refractivity contribution in [3.8, 4) is 6.07 Å². The molecule has 100 valence electrons. The van der Waals surface area contributed by atoms with E-state index in [1.54, 1.807) is 8.87 Å². The second-order valence-corrected chi connectivity index (χ2v) is 7.94. The minimum absolute atomic E-state index is 0.181. The van der Waals surface area contributed by atoms with Gasteiger partial charge in [0, 0.05) is 5.97 Å². The van der Waals surface area contributed by atoms with Gasteiger partial charge in [-0.05, 0) is 12.8 Å². The smallest absolute Gasteiger partial charge is 0.0861 e. The predicted molar refractivity (Wildman–Crippen MR) is 64.3 cm³/mol. The summed E-state index contributed by atoms with van der Waals surface area (Å²) < 4.78 is 3.19. The van der Waals surface area contributed by atoms with E-state index in [0.29, 0.717) is 0 Å². The Morgan fingerprint density at radius 3 is 2.00 bits per heavy atom. The standard InChI is InChI=1S/C6H7NO4.2C3H7.Sn/c7-3-4(6(10)11)1-2-5(8)9;2*1-3-2;/h4H,1-2H2,(H,8,9)(H,10,11);2*1,3H2,2H3;/q;;;+2/p-2. The van der Waals surface area contributed by atoms with Crippen LogP contribution in [0.15, 0.2) is 0 Å². The number of rotatable bonds is 8. The minimum Gasteiger partial charge on any atom is -0.550 e. The number of hydrogen-bond acceptors (Lipinski definition) is 5. The molecular formula is C12H19NO4Sn. The van der Waals surface area contributed by atoms with Gasteiger partial charge >= 0.3 is 56.7 Å². The second kappa shape index (κ2) is 14.3. The molecule has 0 aromatic rings. The molecule has 0 aliphatic rings. The molecule has 18 heavy (non-hydrogen) atoms. The van der Waals surface area contributed by atoms with E-state index in [1.807, 2.05) is 0 Å². The van der Waals surface area contributed by atoms with Crippen LogP contribution in [0.5, 0.6) is 0 Å². The maximum atomic E-state index is 10.00. The molecule has 0 aliphatic carbocycles. The third-order valence-electron chi connectivity index (χ3n) is 1.93. The van der Waals surface area contributed by atoms with Crippen molar-refractivity contribution in [2.45, 2.75) is 48.4 Å². The summed E-state index contributed by atoms with van der Waals surface area (Å²) in [5.41, 5.74) is 0. The predicted octanol–water partition coefficient (Wildman–Crippen LogP) is -0.247. The quantitative estimate of drug-likeness (QED) is 0.439. The Hall–Kier alpha value is -0.771. The molecule has 0 aliphatic heterocycles. The number of nitrogens with zero attached hydrogens (tertiary/aromatic N) is 1. The van der Waals surface area contributed by atoms with Crippen LogP contribution in [0.1, 0.15) is 39.5 Å². The minimum atomic E-state index is -1.55. The Morgan fingerprint density at radius 2 is 1.72 bits per heavy atom. The van der Waals surface area contributed by atoms with Gasteiger partial charge in [0.2, 0.25) is 0 Å². The van der Waals surface area contributed by atoms with Gasteiger partial charge in [0.1, 0.15) is 0 Å². The van der Waals surface area contributed by atoms with Crippen LogP contribution in [0.25, 0.3) is 0 Å². The van der Waals surface area contributed by atoms with Crippen molar-refractivity contribution in [3.63, 3.8) is 0 Å². The molecule has 0 aromatic carbocycles. The van der Waals surface area contributed by atoms with Gasteiger partial charge < -0.3 is 19.8 Å². The van der Waals surface area contributed by atoms with E-state index in [2.05, 4.69) is 13.8 Å². The molecule has 0 N–H and O–H groups in total. The Kier molecular flexibility index (Phi) is 15.5. The van der Waals surface area contributed by atoms with E-state index in [9.17, 15) is 19.8 Å². The number of carboxylic acid groups (broad SMARTS) is 2. The van der Waals surface area contributed by atoms with Gasteiger partial charge in [-0.3, -0.25) is 0 Å². The fraction of sp³-hybridized carbons (Fsp3) is 0.750. The summed E-state index contributed by atoms with van der Waals surface area (Å²) in [5.74, 6) is -4.27. The Morgan fingerprint density at radius 1 is 1.22 bits per heavy atom. The van der Waals surface area contributed by atoms with Crippen molar-refractivity contribution in [2.75, 3.05) is 0 Å².